The number of aliphatic carboxylic acids is 1. The number of carboxylic acid groups (broad SMARTS) is 1. The Labute approximate surface area is 121 Å². The lowest BCUT2D eigenvalue weighted by Crippen LogP contribution is -2.40. The molecule has 1 aliphatic carbocycles. The van der Waals surface area contributed by atoms with Crippen molar-refractivity contribution in [2.75, 3.05) is 5.32 Å². The summed E-state index contributed by atoms with van der Waals surface area (Å²) in [5.74, 6) is -0.920. The summed E-state index contributed by atoms with van der Waals surface area (Å²) in [6.07, 6.45) is 1.88. The van der Waals surface area contributed by atoms with E-state index in [2.05, 4.69) is 5.32 Å². The van der Waals surface area contributed by atoms with E-state index < -0.39 is 22.3 Å². The molecule has 0 aliphatic heterocycles. The predicted molar refractivity (Wildman–Crippen MR) is 74.8 cm³/mol. The molecule has 2 unspecified atom stereocenters. The second-order valence-corrected chi connectivity index (χ2v) is 5.41. The van der Waals surface area contributed by atoms with Gasteiger partial charge in [0.15, 0.2) is 0 Å². The van der Waals surface area contributed by atoms with Crippen LogP contribution in [0.3, 0.4) is 0 Å². The minimum atomic E-state index is -0.962. The molecule has 0 radical (unpaired) electrons. The van der Waals surface area contributed by atoms with Gasteiger partial charge in [-0.3, -0.25) is 14.9 Å². The molecule has 0 bridgehead atoms. The average Bonchev–Trinajstić information content (AvgIpc) is 2.81. The van der Waals surface area contributed by atoms with E-state index in [0.717, 1.165) is 6.42 Å². The Morgan fingerprint density at radius 2 is 2.33 bits per heavy atom. The molecule has 1 aromatic carbocycles. The van der Waals surface area contributed by atoms with Crippen molar-refractivity contribution in [1.29, 1.82) is 5.26 Å². The highest BCUT2D eigenvalue weighted by Crippen LogP contribution is 2.41. The zero-order valence-electron chi connectivity index (χ0n) is 11.5. The van der Waals surface area contributed by atoms with Gasteiger partial charge >= 0.3 is 5.97 Å². The van der Waals surface area contributed by atoms with E-state index in [0.29, 0.717) is 12.8 Å². The topological polar surface area (TPSA) is 116 Å². The van der Waals surface area contributed by atoms with Crippen LogP contribution in [-0.4, -0.2) is 22.0 Å². The monoisotopic (exact) mass is 289 g/mol. The van der Waals surface area contributed by atoms with Crippen molar-refractivity contribution in [2.24, 2.45) is 5.41 Å². The lowest BCUT2D eigenvalue weighted by molar-refractivity contribution is -0.384. The van der Waals surface area contributed by atoms with Gasteiger partial charge < -0.3 is 10.4 Å². The molecule has 1 saturated carbocycles. The van der Waals surface area contributed by atoms with Crippen LogP contribution in [0.1, 0.15) is 31.7 Å². The smallest absolute Gasteiger partial charge is 0.311 e. The van der Waals surface area contributed by atoms with E-state index in [1.807, 2.05) is 6.07 Å². The van der Waals surface area contributed by atoms with Crippen LogP contribution >= 0.6 is 0 Å². The zero-order chi connectivity index (χ0) is 15.6. The highest BCUT2D eigenvalue weighted by atomic mass is 16.6. The van der Waals surface area contributed by atoms with Gasteiger partial charge in [-0.15, -0.1) is 0 Å². The molecular weight excluding hydrogens is 274 g/mol. The number of carboxylic acids is 1. The van der Waals surface area contributed by atoms with Gasteiger partial charge in [0, 0.05) is 12.1 Å². The molecule has 7 heteroatoms. The van der Waals surface area contributed by atoms with Gasteiger partial charge in [0.05, 0.1) is 22.0 Å². The molecule has 110 valence electrons. The second-order valence-electron chi connectivity index (χ2n) is 5.41. The summed E-state index contributed by atoms with van der Waals surface area (Å²) in [6, 6.07) is 5.54. The summed E-state index contributed by atoms with van der Waals surface area (Å²) >= 11 is 0. The van der Waals surface area contributed by atoms with Gasteiger partial charge in [0.2, 0.25) is 0 Å². The number of nitro benzene ring substituents is 1. The first-order valence-corrected chi connectivity index (χ1v) is 6.57. The Morgan fingerprint density at radius 1 is 1.62 bits per heavy atom. The predicted octanol–water partition coefficient (Wildman–Crippen LogP) is 2.52. The fraction of sp³-hybridized carbons (Fsp3) is 0.429. The van der Waals surface area contributed by atoms with Crippen molar-refractivity contribution in [1.82, 2.24) is 0 Å². The van der Waals surface area contributed by atoms with Crippen molar-refractivity contribution in [3.8, 4) is 6.07 Å². The Balaban J connectivity index is 2.37. The number of anilines is 1. The number of hydrogen-bond acceptors (Lipinski definition) is 5. The van der Waals surface area contributed by atoms with E-state index in [9.17, 15) is 20.0 Å². The lowest BCUT2D eigenvalue weighted by atomic mass is 9.84. The van der Waals surface area contributed by atoms with Gasteiger partial charge in [-0.05, 0) is 31.9 Å². The largest absolute Gasteiger partial charge is 0.481 e. The van der Waals surface area contributed by atoms with Crippen LogP contribution < -0.4 is 5.32 Å². The van der Waals surface area contributed by atoms with Crippen molar-refractivity contribution in [3.63, 3.8) is 0 Å². The molecule has 0 heterocycles. The summed E-state index contributed by atoms with van der Waals surface area (Å²) in [5, 5.41) is 32.3. The maximum absolute atomic E-state index is 11.4. The number of rotatable bonds is 4. The molecule has 2 atom stereocenters. The SMILES string of the molecule is CC1(C(=O)O)CCCC1Nc1cc(C#N)ccc1[N+](=O)[O-]. The molecule has 21 heavy (non-hydrogen) atoms. The first-order chi connectivity index (χ1) is 9.88. The lowest BCUT2D eigenvalue weighted by Gasteiger charge is -2.28. The van der Waals surface area contributed by atoms with E-state index in [1.54, 1.807) is 6.92 Å². The summed E-state index contributed by atoms with van der Waals surface area (Å²) in [4.78, 5) is 22.0. The standard InChI is InChI=1S/C14H15N3O4/c1-14(13(18)19)6-2-3-12(14)16-10-7-9(8-15)4-5-11(10)17(20)21/h4-5,7,12,16H,2-3,6H2,1H3,(H,18,19). The first kappa shape index (κ1) is 14.8. The van der Waals surface area contributed by atoms with Gasteiger partial charge in [-0.25, -0.2) is 0 Å². The van der Waals surface area contributed by atoms with E-state index in [1.165, 1.54) is 18.2 Å². The van der Waals surface area contributed by atoms with Crippen LogP contribution in [0.2, 0.25) is 0 Å². The highest BCUT2D eigenvalue weighted by molar-refractivity contribution is 5.77. The van der Waals surface area contributed by atoms with Crippen molar-refractivity contribution in [3.05, 3.63) is 33.9 Å². The molecule has 0 spiro atoms. The fourth-order valence-electron chi connectivity index (χ4n) is 2.72. The maximum Gasteiger partial charge on any atom is 0.311 e. The summed E-state index contributed by atoms with van der Waals surface area (Å²) < 4.78 is 0. The molecule has 7 nitrogen and oxygen atoms in total. The fourth-order valence-corrected chi connectivity index (χ4v) is 2.72. The molecule has 1 fully saturated rings. The van der Waals surface area contributed by atoms with E-state index in [4.69, 9.17) is 5.26 Å². The molecule has 0 saturated heterocycles. The van der Waals surface area contributed by atoms with Gasteiger partial charge in [0.1, 0.15) is 5.69 Å². The summed E-state index contributed by atoms with van der Waals surface area (Å²) in [7, 11) is 0. The van der Waals surface area contributed by atoms with Gasteiger partial charge in [-0.1, -0.05) is 6.42 Å². The highest BCUT2D eigenvalue weighted by Gasteiger charge is 2.45. The van der Waals surface area contributed by atoms with Gasteiger partial charge in [-0.2, -0.15) is 5.26 Å². The zero-order valence-corrected chi connectivity index (χ0v) is 11.5. The molecule has 2 N–H and O–H groups in total. The molecule has 0 aromatic heterocycles. The quantitative estimate of drug-likeness (QED) is 0.649. The maximum atomic E-state index is 11.4. The van der Waals surface area contributed by atoms with Gasteiger partial charge in [0.25, 0.3) is 5.69 Å². The average molecular weight is 289 g/mol. The molecular formula is C14H15N3O4. The Morgan fingerprint density at radius 3 is 2.90 bits per heavy atom. The van der Waals surface area contributed by atoms with Crippen molar-refractivity contribution >= 4 is 17.3 Å². The number of benzene rings is 1. The number of nitro groups is 1. The second kappa shape index (κ2) is 5.40. The third kappa shape index (κ3) is 2.65. The Bertz CT molecular complexity index is 638. The third-order valence-electron chi connectivity index (χ3n) is 4.10. The van der Waals surface area contributed by atoms with Crippen molar-refractivity contribution < 1.29 is 14.8 Å². The Hall–Kier alpha value is -2.62. The molecule has 1 aromatic rings. The van der Waals surface area contributed by atoms with Crippen LogP contribution in [0.15, 0.2) is 18.2 Å². The third-order valence-corrected chi connectivity index (χ3v) is 4.10. The number of nitrogens with one attached hydrogen (secondary N) is 1. The molecule has 0 amide bonds. The van der Waals surface area contributed by atoms with Crippen molar-refractivity contribution in [2.45, 2.75) is 32.2 Å². The number of hydrogen-bond donors (Lipinski definition) is 2. The first-order valence-electron chi connectivity index (χ1n) is 6.57. The Kier molecular flexibility index (Phi) is 3.80. The van der Waals surface area contributed by atoms with E-state index in [-0.39, 0.29) is 16.9 Å². The summed E-state index contributed by atoms with van der Waals surface area (Å²) in [6.45, 7) is 1.64. The van der Waals surface area contributed by atoms with Crippen LogP contribution in [0.4, 0.5) is 11.4 Å². The number of nitriles is 1. The van der Waals surface area contributed by atoms with E-state index >= 15 is 0 Å². The number of carbonyl (C=O) groups is 1. The normalized spacial score (nSPS) is 24.3. The van der Waals surface area contributed by atoms with Crippen LogP contribution in [0, 0.1) is 26.9 Å². The minimum absolute atomic E-state index is 0.159. The number of nitrogens with zero attached hydrogens (tertiary/aromatic N) is 2. The van der Waals surface area contributed by atoms with Crippen LogP contribution in [0.5, 0.6) is 0 Å². The van der Waals surface area contributed by atoms with Crippen LogP contribution in [0.25, 0.3) is 0 Å². The molecule has 1 aliphatic rings. The molecule has 2 rings (SSSR count). The minimum Gasteiger partial charge on any atom is -0.481 e. The van der Waals surface area contributed by atoms with Crippen LogP contribution in [-0.2, 0) is 4.79 Å². The summed E-state index contributed by atoms with van der Waals surface area (Å²) in [5.41, 5.74) is -0.638.